The smallest absolute Gasteiger partial charge is 0.130 e. The Morgan fingerprint density at radius 2 is 1.84 bits per heavy atom. The van der Waals surface area contributed by atoms with E-state index in [-0.39, 0.29) is 6.04 Å². The van der Waals surface area contributed by atoms with Crippen molar-refractivity contribution in [3.05, 3.63) is 58.6 Å². The van der Waals surface area contributed by atoms with Crippen LogP contribution in [-0.2, 0) is 6.42 Å². The van der Waals surface area contributed by atoms with Gasteiger partial charge in [-0.3, -0.25) is 0 Å². The van der Waals surface area contributed by atoms with Gasteiger partial charge < -0.3 is 10.5 Å². The number of aryl methyl sites for hydroxylation is 1. The lowest BCUT2D eigenvalue weighted by atomic mass is 10.0. The molecular formula is C16H18ClNO. The monoisotopic (exact) mass is 275 g/mol. The lowest BCUT2D eigenvalue weighted by Crippen LogP contribution is -2.18. The molecule has 0 radical (unpaired) electrons. The zero-order valence-corrected chi connectivity index (χ0v) is 11.9. The number of ether oxygens (including phenoxy) is 1. The molecule has 0 bridgehead atoms. The van der Waals surface area contributed by atoms with Crippen molar-refractivity contribution in [2.45, 2.75) is 26.3 Å². The molecule has 0 amide bonds. The van der Waals surface area contributed by atoms with Crippen LogP contribution in [0.25, 0.3) is 0 Å². The zero-order chi connectivity index (χ0) is 13.8. The fourth-order valence-corrected chi connectivity index (χ4v) is 2.07. The summed E-state index contributed by atoms with van der Waals surface area (Å²) in [5, 5.41) is 0.701. The molecule has 2 N–H and O–H groups in total. The predicted octanol–water partition coefficient (Wildman–Crippen LogP) is 4.33. The van der Waals surface area contributed by atoms with Crippen LogP contribution >= 0.6 is 11.6 Å². The van der Waals surface area contributed by atoms with Crippen molar-refractivity contribution in [2.24, 2.45) is 5.73 Å². The van der Waals surface area contributed by atoms with Crippen LogP contribution in [0.1, 0.15) is 18.1 Å². The van der Waals surface area contributed by atoms with E-state index < -0.39 is 0 Å². The standard InChI is InChI=1S/C16H18ClNO/c1-11-3-8-16(13(9-11)10-12(2)18)19-15-6-4-14(17)5-7-15/h3-9,12H,10,18H2,1-2H3. The van der Waals surface area contributed by atoms with Crippen LogP contribution in [0.5, 0.6) is 11.5 Å². The average Bonchev–Trinajstić information content (AvgIpc) is 2.34. The van der Waals surface area contributed by atoms with E-state index in [4.69, 9.17) is 22.1 Å². The molecule has 2 aromatic rings. The van der Waals surface area contributed by atoms with E-state index in [0.717, 1.165) is 23.5 Å². The van der Waals surface area contributed by atoms with E-state index in [9.17, 15) is 0 Å². The predicted molar refractivity (Wildman–Crippen MR) is 80.1 cm³/mol. The van der Waals surface area contributed by atoms with Gasteiger partial charge in [0.2, 0.25) is 0 Å². The number of hydrogen-bond acceptors (Lipinski definition) is 2. The molecule has 2 aromatic carbocycles. The molecule has 0 spiro atoms. The molecule has 2 rings (SSSR count). The van der Waals surface area contributed by atoms with Crippen LogP contribution in [0, 0.1) is 6.92 Å². The van der Waals surface area contributed by atoms with Gasteiger partial charge in [0.15, 0.2) is 0 Å². The number of rotatable bonds is 4. The molecule has 2 nitrogen and oxygen atoms in total. The SMILES string of the molecule is Cc1ccc(Oc2ccc(Cl)cc2)c(CC(C)N)c1. The van der Waals surface area contributed by atoms with Gasteiger partial charge in [-0.05, 0) is 56.2 Å². The molecule has 1 unspecified atom stereocenters. The first kappa shape index (κ1) is 13.9. The largest absolute Gasteiger partial charge is 0.457 e. The lowest BCUT2D eigenvalue weighted by molar-refractivity contribution is 0.473. The van der Waals surface area contributed by atoms with E-state index in [1.807, 2.05) is 43.3 Å². The average molecular weight is 276 g/mol. The van der Waals surface area contributed by atoms with E-state index in [1.165, 1.54) is 5.56 Å². The van der Waals surface area contributed by atoms with Crippen LogP contribution < -0.4 is 10.5 Å². The molecule has 0 aliphatic heterocycles. The third-order valence-corrected chi connectivity index (χ3v) is 3.05. The van der Waals surface area contributed by atoms with Crippen LogP contribution in [-0.4, -0.2) is 6.04 Å². The maximum Gasteiger partial charge on any atom is 0.130 e. The summed E-state index contributed by atoms with van der Waals surface area (Å²) in [6.45, 7) is 4.06. The van der Waals surface area contributed by atoms with Gasteiger partial charge in [-0.2, -0.15) is 0 Å². The quantitative estimate of drug-likeness (QED) is 0.901. The number of halogens is 1. The zero-order valence-electron chi connectivity index (χ0n) is 11.2. The molecule has 3 heteroatoms. The molecule has 0 aromatic heterocycles. The summed E-state index contributed by atoms with van der Waals surface area (Å²) in [4.78, 5) is 0. The maximum absolute atomic E-state index is 5.91. The van der Waals surface area contributed by atoms with E-state index >= 15 is 0 Å². The first-order chi connectivity index (χ1) is 9.04. The first-order valence-electron chi connectivity index (χ1n) is 6.33. The molecule has 0 aliphatic rings. The van der Waals surface area contributed by atoms with Crippen LogP contribution in [0.3, 0.4) is 0 Å². The second kappa shape index (κ2) is 6.09. The summed E-state index contributed by atoms with van der Waals surface area (Å²) in [6, 6.07) is 13.6. The Morgan fingerprint density at radius 1 is 1.16 bits per heavy atom. The van der Waals surface area contributed by atoms with Crippen LogP contribution in [0.4, 0.5) is 0 Å². The van der Waals surface area contributed by atoms with E-state index in [0.29, 0.717) is 5.02 Å². The summed E-state index contributed by atoms with van der Waals surface area (Å²) in [6.07, 6.45) is 0.796. The summed E-state index contributed by atoms with van der Waals surface area (Å²) in [5.74, 6) is 1.63. The van der Waals surface area contributed by atoms with E-state index in [1.54, 1.807) is 0 Å². The van der Waals surface area contributed by atoms with Crippen molar-refractivity contribution in [1.29, 1.82) is 0 Å². The minimum atomic E-state index is 0.106. The Hall–Kier alpha value is -1.51. The van der Waals surface area contributed by atoms with Crippen molar-refractivity contribution in [3.63, 3.8) is 0 Å². The van der Waals surface area contributed by atoms with E-state index in [2.05, 4.69) is 13.0 Å². The van der Waals surface area contributed by atoms with Gasteiger partial charge in [0, 0.05) is 11.1 Å². The Morgan fingerprint density at radius 3 is 2.47 bits per heavy atom. The van der Waals surface area contributed by atoms with Gasteiger partial charge in [-0.25, -0.2) is 0 Å². The van der Waals surface area contributed by atoms with Crippen molar-refractivity contribution < 1.29 is 4.74 Å². The second-order valence-electron chi connectivity index (χ2n) is 4.85. The highest BCUT2D eigenvalue weighted by atomic mass is 35.5. The number of benzene rings is 2. The summed E-state index contributed by atoms with van der Waals surface area (Å²) in [7, 11) is 0. The van der Waals surface area contributed by atoms with Gasteiger partial charge in [-0.15, -0.1) is 0 Å². The maximum atomic E-state index is 5.91. The third-order valence-electron chi connectivity index (χ3n) is 2.80. The fraction of sp³-hybridized carbons (Fsp3) is 0.250. The Bertz CT molecular complexity index is 549. The molecule has 19 heavy (non-hydrogen) atoms. The Kier molecular flexibility index (Phi) is 4.46. The molecule has 0 aliphatic carbocycles. The highest BCUT2D eigenvalue weighted by molar-refractivity contribution is 6.30. The van der Waals surface area contributed by atoms with Crippen molar-refractivity contribution in [2.75, 3.05) is 0 Å². The molecule has 0 heterocycles. The minimum Gasteiger partial charge on any atom is -0.457 e. The lowest BCUT2D eigenvalue weighted by Gasteiger charge is -2.13. The Balaban J connectivity index is 2.26. The molecular weight excluding hydrogens is 258 g/mol. The third kappa shape index (κ3) is 3.98. The highest BCUT2D eigenvalue weighted by Gasteiger charge is 2.07. The summed E-state index contributed by atoms with van der Waals surface area (Å²) >= 11 is 5.86. The van der Waals surface area contributed by atoms with Crippen molar-refractivity contribution >= 4 is 11.6 Å². The van der Waals surface area contributed by atoms with Gasteiger partial charge >= 0.3 is 0 Å². The Labute approximate surface area is 119 Å². The number of nitrogens with two attached hydrogens (primary N) is 1. The highest BCUT2D eigenvalue weighted by Crippen LogP contribution is 2.28. The normalized spacial score (nSPS) is 12.2. The molecule has 0 fully saturated rings. The van der Waals surface area contributed by atoms with Crippen LogP contribution in [0.2, 0.25) is 5.02 Å². The molecule has 0 saturated heterocycles. The molecule has 100 valence electrons. The number of hydrogen-bond donors (Lipinski definition) is 1. The first-order valence-corrected chi connectivity index (χ1v) is 6.71. The van der Waals surface area contributed by atoms with Crippen LogP contribution in [0.15, 0.2) is 42.5 Å². The summed E-state index contributed by atoms with van der Waals surface area (Å²) < 4.78 is 5.91. The topological polar surface area (TPSA) is 35.2 Å². The fourth-order valence-electron chi connectivity index (χ4n) is 1.94. The molecule has 0 saturated carbocycles. The van der Waals surface area contributed by atoms with Gasteiger partial charge in [0.1, 0.15) is 11.5 Å². The van der Waals surface area contributed by atoms with Crippen molar-refractivity contribution in [3.8, 4) is 11.5 Å². The van der Waals surface area contributed by atoms with Gasteiger partial charge in [0.05, 0.1) is 0 Å². The van der Waals surface area contributed by atoms with Crippen molar-refractivity contribution in [1.82, 2.24) is 0 Å². The second-order valence-corrected chi connectivity index (χ2v) is 5.29. The summed E-state index contributed by atoms with van der Waals surface area (Å²) in [5.41, 5.74) is 8.22. The van der Waals surface area contributed by atoms with Gasteiger partial charge in [0.25, 0.3) is 0 Å². The minimum absolute atomic E-state index is 0.106. The molecule has 1 atom stereocenters. The van der Waals surface area contributed by atoms with Gasteiger partial charge in [-0.1, -0.05) is 29.3 Å².